The minimum absolute atomic E-state index is 0.222. The highest BCUT2D eigenvalue weighted by Crippen LogP contribution is 2.22. The van der Waals surface area contributed by atoms with Crippen LogP contribution < -0.4 is 5.32 Å². The maximum Gasteiger partial charge on any atom is 0.138 e. The second-order valence-electron chi connectivity index (χ2n) is 3.01. The van der Waals surface area contributed by atoms with Crippen LogP contribution >= 0.6 is 0 Å². The summed E-state index contributed by atoms with van der Waals surface area (Å²) in [5.74, 6) is 0. The van der Waals surface area contributed by atoms with Crippen LogP contribution in [0, 0.1) is 11.3 Å². The van der Waals surface area contributed by atoms with Crippen molar-refractivity contribution in [2.75, 3.05) is 0 Å². The van der Waals surface area contributed by atoms with Gasteiger partial charge in [0.15, 0.2) is 0 Å². The van der Waals surface area contributed by atoms with E-state index in [9.17, 15) is 0 Å². The van der Waals surface area contributed by atoms with Crippen LogP contribution in [0.3, 0.4) is 0 Å². The first-order valence-corrected chi connectivity index (χ1v) is 4.04. The molecule has 0 bridgehead atoms. The van der Waals surface area contributed by atoms with Crippen LogP contribution in [0.2, 0.25) is 0 Å². The predicted molar refractivity (Wildman–Crippen MR) is 43.1 cm³/mol. The zero-order valence-electron chi connectivity index (χ0n) is 6.62. The number of nitrogens with one attached hydrogen (secondary N) is 2. The van der Waals surface area contributed by atoms with E-state index < -0.39 is 0 Å². The lowest BCUT2D eigenvalue weighted by molar-refractivity contribution is 0.615. The van der Waals surface area contributed by atoms with Gasteiger partial charge in [-0.05, 0) is 12.8 Å². The SMILES string of the molecule is N#CC(NC1CC1)c1cnc[nH]1. The summed E-state index contributed by atoms with van der Waals surface area (Å²) >= 11 is 0. The van der Waals surface area contributed by atoms with Gasteiger partial charge >= 0.3 is 0 Å². The van der Waals surface area contributed by atoms with Crippen molar-refractivity contribution < 1.29 is 0 Å². The predicted octanol–water partition coefficient (Wildman–Crippen LogP) is 0.726. The molecular weight excluding hydrogens is 152 g/mol. The molecule has 4 heteroatoms. The smallest absolute Gasteiger partial charge is 0.138 e. The molecule has 0 radical (unpaired) electrons. The molecule has 0 aliphatic heterocycles. The average Bonchev–Trinajstić information content (AvgIpc) is 2.74. The highest BCUT2D eigenvalue weighted by molar-refractivity contribution is 5.12. The van der Waals surface area contributed by atoms with E-state index >= 15 is 0 Å². The molecule has 1 saturated carbocycles. The summed E-state index contributed by atoms with van der Waals surface area (Å²) in [4.78, 5) is 6.80. The number of hydrogen-bond acceptors (Lipinski definition) is 3. The summed E-state index contributed by atoms with van der Waals surface area (Å²) in [5, 5.41) is 12.0. The fraction of sp³-hybridized carbons (Fsp3) is 0.500. The topological polar surface area (TPSA) is 64.5 Å². The molecule has 1 aliphatic carbocycles. The van der Waals surface area contributed by atoms with Crippen molar-refractivity contribution >= 4 is 0 Å². The van der Waals surface area contributed by atoms with Crippen LogP contribution in [0.1, 0.15) is 24.6 Å². The molecule has 0 aromatic carbocycles. The highest BCUT2D eigenvalue weighted by Gasteiger charge is 2.25. The van der Waals surface area contributed by atoms with Gasteiger partial charge in [0.1, 0.15) is 6.04 Å². The van der Waals surface area contributed by atoms with Gasteiger partial charge in [0.2, 0.25) is 0 Å². The molecule has 0 amide bonds. The van der Waals surface area contributed by atoms with E-state index in [4.69, 9.17) is 5.26 Å². The maximum atomic E-state index is 8.81. The van der Waals surface area contributed by atoms with E-state index in [0.29, 0.717) is 6.04 Å². The summed E-state index contributed by atoms with van der Waals surface area (Å²) < 4.78 is 0. The van der Waals surface area contributed by atoms with Gasteiger partial charge in [-0.1, -0.05) is 0 Å². The number of rotatable bonds is 3. The maximum absolute atomic E-state index is 8.81. The molecule has 1 aromatic rings. The largest absolute Gasteiger partial charge is 0.346 e. The molecule has 2 N–H and O–H groups in total. The molecule has 1 heterocycles. The number of nitriles is 1. The van der Waals surface area contributed by atoms with Crippen molar-refractivity contribution in [3.8, 4) is 6.07 Å². The Morgan fingerprint density at radius 2 is 2.58 bits per heavy atom. The molecule has 4 nitrogen and oxygen atoms in total. The zero-order chi connectivity index (χ0) is 8.39. The first-order chi connectivity index (χ1) is 5.90. The number of aromatic nitrogens is 2. The summed E-state index contributed by atoms with van der Waals surface area (Å²) in [5.41, 5.74) is 0.851. The van der Waals surface area contributed by atoms with Crippen molar-refractivity contribution in [1.82, 2.24) is 15.3 Å². The third-order valence-corrected chi connectivity index (χ3v) is 1.94. The number of nitrogens with zero attached hydrogens (tertiary/aromatic N) is 2. The van der Waals surface area contributed by atoms with E-state index in [0.717, 1.165) is 5.69 Å². The van der Waals surface area contributed by atoms with Crippen LogP contribution in [0.5, 0.6) is 0 Å². The summed E-state index contributed by atoms with van der Waals surface area (Å²) in [6.07, 6.45) is 5.65. The van der Waals surface area contributed by atoms with Gasteiger partial charge in [0.05, 0.1) is 24.3 Å². The van der Waals surface area contributed by atoms with Gasteiger partial charge in [-0.25, -0.2) is 4.98 Å². The molecule has 1 fully saturated rings. The fourth-order valence-corrected chi connectivity index (χ4v) is 1.11. The van der Waals surface area contributed by atoms with Gasteiger partial charge in [-0.15, -0.1) is 0 Å². The first kappa shape index (κ1) is 7.32. The zero-order valence-corrected chi connectivity index (χ0v) is 6.62. The van der Waals surface area contributed by atoms with Gasteiger partial charge in [0, 0.05) is 6.04 Å². The van der Waals surface area contributed by atoms with E-state index in [1.165, 1.54) is 12.8 Å². The number of hydrogen-bond donors (Lipinski definition) is 2. The molecule has 12 heavy (non-hydrogen) atoms. The minimum Gasteiger partial charge on any atom is -0.346 e. The van der Waals surface area contributed by atoms with Crippen LogP contribution in [0.25, 0.3) is 0 Å². The Balaban J connectivity index is 2.03. The third-order valence-electron chi connectivity index (χ3n) is 1.94. The van der Waals surface area contributed by atoms with Crippen molar-refractivity contribution in [2.24, 2.45) is 0 Å². The molecular formula is C8H10N4. The standard InChI is InChI=1S/C8H10N4/c9-3-7(12-6-1-2-6)8-4-10-5-11-8/h4-7,12H,1-2H2,(H,10,11). The van der Waals surface area contributed by atoms with Gasteiger partial charge in [0.25, 0.3) is 0 Å². The lowest BCUT2D eigenvalue weighted by Crippen LogP contribution is -2.22. The van der Waals surface area contributed by atoms with E-state index in [1.807, 2.05) is 0 Å². The fourth-order valence-electron chi connectivity index (χ4n) is 1.11. The minimum atomic E-state index is -0.222. The normalized spacial score (nSPS) is 18.6. The Bertz CT molecular complexity index is 281. The Kier molecular flexibility index (Phi) is 1.80. The summed E-state index contributed by atoms with van der Waals surface area (Å²) in [6.45, 7) is 0. The first-order valence-electron chi connectivity index (χ1n) is 4.04. The van der Waals surface area contributed by atoms with Crippen molar-refractivity contribution in [1.29, 1.82) is 5.26 Å². The summed E-state index contributed by atoms with van der Waals surface area (Å²) in [6, 6.07) is 2.51. The van der Waals surface area contributed by atoms with Gasteiger partial charge in [-0.3, -0.25) is 5.32 Å². The molecule has 1 atom stereocenters. The van der Waals surface area contributed by atoms with Crippen LogP contribution in [-0.2, 0) is 0 Å². The van der Waals surface area contributed by atoms with Gasteiger partial charge in [-0.2, -0.15) is 5.26 Å². The Labute approximate surface area is 70.6 Å². The molecule has 0 spiro atoms. The van der Waals surface area contributed by atoms with Gasteiger partial charge < -0.3 is 4.98 Å². The molecule has 2 rings (SSSR count). The van der Waals surface area contributed by atoms with Crippen molar-refractivity contribution in [2.45, 2.75) is 24.9 Å². The Hall–Kier alpha value is -1.34. The molecule has 1 aromatic heterocycles. The number of imidazole rings is 1. The van der Waals surface area contributed by atoms with Crippen LogP contribution in [0.15, 0.2) is 12.5 Å². The quantitative estimate of drug-likeness (QED) is 0.688. The third kappa shape index (κ3) is 1.46. The second-order valence-corrected chi connectivity index (χ2v) is 3.01. The summed E-state index contributed by atoms with van der Waals surface area (Å²) in [7, 11) is 0. The van der Waals surface area contributed by atoms with E-state index in [2.05, 4.69) is 21.4 Å². The monoisotopic (exact) mass is 162 g/mol. The van der Waals surface area contributed by atoms with E-state index in [-0.39, 0.29) is 6.04 Å². The second kappa shape index (κ2) is 2.95. The lowest BCUT2D eigenvalue weighted by atomic mass is 10.2. The average molecular weight is 162 g/mol. The van der Waals surface area contributed by atoms with Crippen molar-refractivity contribution in [3.05, 3.63) is 18.2 Å². The van der Waals surface area contributed by atoms with Crippen molar-refractivity contribution in [3.63, 3.8) is 0 Å². The highest BCUT2D eigenvalue weighted by atomic mass is 15.0. The molecule has 62 valence electrons. The molecule has 0 saturated heterocycles. The lowest BCUT2D eigenvalue weighted by Gasteiger charge is -2.06. The Morgan fingerprint density at radius 3 is 3.08 bits per heavy atom. The van der Waals surface area contributed by atoms with Crippen LogP contribution in [-0.4, -0.2) is 16.0 Å². The molecule has 1 unspecified atom stereocenters. The van der Waals surface area contributed by atoms with Crippen LogP contribution in [0.4, 0.5) is 0 Å². The van der Waals surface area contributed by atoms with E-state index in [1.54, 1.807) is 12.5 Å². The number of aromatic amines is 1. The Morgan fingerprint density at radius 1 is 1.75 bits per heavy atom. The number of H-pyrrole nitrogens is 1. The molecule has 1 aliphatic rings.